The van der Waals surface area contributed by atoms with E-state index in [-0.39, 0.29) is 6.61 Å². The standard InChI is InChI=1S/C11H16N2O/c1-4-13(3)9(2)11-6-5-10(8-14)7-12-11/h5-7,14H,2,4,8H2,1,3H3. The Morgan fingerprint density at radius 3 is 2.71 bits per heavy atom. The Labute approximate surface area is 84.7 Å². The second-order valence-corrected chi connectivity index (χ2v) is 3.17. The van der Waals surface area contributed by atoms with Crippen LogP contribution in [0.15, 0.2) is 24.9 Å². The van der Waals surface area contributed by atoms with Crippen molar-refractivity contribution in [3.8, 4) is 0 Å². The van der Waals surface area contributed by atoms with Crippen molar-refractivity contribution in [2.75, 3.05) is 13.6 Å². The van der Waals surface area contributed by atoms with Gasteiger partial charge in [0.05, 0.1) is 18.0 Å². The van der Waals surface area contributed by atoms with Crippen molar-refractivity contribution >= 4 is 5.70 Å². The number of aliphatic hydroxyl groups is 1. The first-order valence-corrected chi connectivity index (χ1v) is 4.65. The van der Waals surface area contributed by atoms with Crippen LogP contribution in [0, 0.1) is 0 Å². The molecular formula is C11H16N2O. The molecule has 0 atom stereocenters. The third-order valence-corrected chi connectivity index (χ3v) is 2.24. The summed E-state index contributed by atoms with van der Waals surface area (Å²) < 4.78 is 0. The predicted octanol–water partition coefficient (Wildman–Crippen LogP) is 1.50. The van der Waals surface area contributed by atoms with Gasteiger partial charge in [0.25, 0.3) is 0 Å². The summed E-state index contributed by atoms with van der Waals surface area (Å²) in [6, 6.07) is 3.73. The molecule has 1 rings (SSSR count). The summed E-state index contributed by atoms with van der Waals surface area (Å²) in [5.41, 5.74) is 2.57. The van der Waals surface area contributed by atoms with Crippen LogP contribution in [0.25, 0.3) is 5.70 Å². The van der Waals surface area contributed by atoms with Crippen molar-refractivity contribution in [1.82, 2.24) is 9.88 Å². The number of rotatable bonds is 4. The molecule has 14 heavy (non-hydrogen) atoms. The Morgan fingerprint density at radius 2 is 2.29 bits per heavy atom. The first-order chi connectivity index (χ1) is 6.69. The number of aromatic nitrogens is 1. The summed E-state index contributed by atoms with van der Waals surface area (Å²) in [6.45, 7) is 6.95. The van der Waals surface area contributed by atoms with Crippen molar-refractivity contribution in [1.29, 1.82) is 0 Å². The minimum atomic E-state index is 0.0311. The van der Waals surface area contributed by atoms with Crippen molar-refractivity contribution in [3.05, 3.63) is 36.2 Å². The normalized spacial score (nSPS) is 9.93. The van der Waals surface area contributed by atoms with E-state index in [0.717, 1.165) is 23.5 Å². The summed E-state index contributed by atoms with van der Waals surface area (Å²) in [4.78, 5) is 6.25. The van der Waals surface area contributed by atoms with E-state index in [1.165, 1.54) is 0 Å². The van der Waals surface area contributed by atoms with Crippen LogP contribution in [0.1, 0.15) is 18.2 Å². The lowest BCUT2D eigenvalue weighted by atomic mass is 10.2. The van der Waals surface area contributed by atoms with E-state index in [9.17, 15) is 0 Å². The Bertz CT molecular complexity index is 306. The van der Waals surface area contributed by atoms with Gasteiger partial charge in [-0.3, -0.25) is 4.98 Å². The fourth-order valence-corrected chi connectivity index (χ4v) is 1.08. The maximum absolute atomic E-state index is 8.85. The van der Waals surface area contributed by atoms with E-state index in [0.29, 0.717) is 0 Å². The molecule has 0 aliphatic carbocycles. The van der Waals surface area contributed by atoms with Gasteiger partial charge in [0.2, 0.25) is 0 Å². The molecule has 0 fully saturated rings. The maximum atomic E-state index is 8.85. The SMILES string of the molecule is C=C(c1ccc(CO)cn1)N(C)CC. The first kappa shape index (κ1) is 10.7. The molecule has 0 radical (unpaired) electrons. The number of pyridine rings is 1. The topological polar surface area (TPSA) is 36.4 Å². The van der Waals surface area contributed by atoms with Gasteiger partial charge in [-0.15, -0.1) is 0 Å². The highest BCUT2D eigenvalue weighted by atomic mass is 16.3. The zero-order valence-corrected chi connectivity index (χ0v) is 8.70. The summed E-state index contributed by atoms with van der Waals surface area (Å²) in [7, 11) is 1.98. The van der Waals surface area contributed by atoms with E-state index >= 15 is 0 Å². The van der Waals surface area contributed by atoms with Crippen molar-refractivity contribution < 1.29 is 5.11 Å². The van der Waals surface area contributed by atoms with Crippen LogP contribution in [0.5, 0.6) is 0 Å². The molecule has 0 aliphatic rings. The van der Waals surface area contributed by atoms with Gasteiger partial charge in [0, 0.05) is 19.8 Å². The van der Waals surface area contributed by atoms with Crippen LogP contribution in [0.4, 0.5) is 0 Å². The molecule has 0 aromatic carbocycles. The second-order valence-electron chi connectivity index (χ2n) is 3.17. The van der Waals surface area contributed by atoms with Crippen molar-refractivity contribution in [2.24, 2.45) is 0 Å². The van der Waals surface area contributed by atoms with Crippen LogP contribution in [-0.4, -0.2) is 28.6 Å². The van der Waals surface area contributed by atoms with Gasteiger partial charge in [0.1, 0.15) is 0 Å². The summed E-state index contributed by atoms with van der Waals surface area (Å²) in [5.74, 6) is 0. The maximum Gasteiger partial charge on any atom is 0.0857 e. The highest BCUT2D eigenvalue weighted by molar-refractivity contribution is 5.57. The molecule has 0 saturated heterocycles. The average molecular weight is 192 g/mol. The zero-order valence-electron chi connectivity index (χ0n) is 8.70. The molecule has 1 N–H and O–H groups in total. The van der Waals surface area contributed by atoms with Gasteiger partial charge in [-0.1, -0.05) is 12.6 Å². The molecule has 76 valence electrons. The summed E-state index contributed by atoms with van der Waals surface area (Å²) in [5, 5.41) is 8.85. The third-order valence-electron chi connectivity index (χ3n) is 2.24. The molecule has 1 aromatic rings. The monoisotopic (exact) mass is 192 g/mol. The third kappa shape index (κ3) is 2.33. The Morgan fingerprint density at radius 1 is 1.57 bits per heavy atom. The molecule has 0 spiro atoms. The van der Waals surface area contributed by atoms with E-state index < -0.39 is 0 Å². The summed E-state index contributed by atoms with van der Waals surface area (Å²) in [6.07, 6.45) is 1.67. The van der Waals surface area contributed by atoms with Gasteiger partial charge >= 0.3 is 0 Å². The molecule has 0 bridgehead atoms. The molecule has 3 nitrogen and oxygen atoms in total. The van der Waals surface area contributed by atoms with Gasteiger partial charge < -0.3 is 10.0 Å². The average Bonchev–Trinajstić information content (AvgIpc) is 2.27. The minimum absolute atomic E-state index is 0.0311. The Hall–Kier alpha value is -1.35. The van der Waals surface area contributed by atoms with Crippen LogP contribution in [0.2, 0.25) is 0 Å². The highest BCUT2D eigenvalue weighted by Gasteiger charge is 2.03. The van der Waals surface area contributed by atoms with E-state index in [4.69, 9.17) is 5.11 Å². The van der Waals surface area contributed by atoms with E-state index in [1.54, 1.807) is 6.20 Å². The number of aliphatic hydroxyl groups excluding tert-OH is 1. The molecule has 0 aliphatic heterocycles. The van der Waals surface area contributed by atoms with Crippen LogP contribution < -0.4 is 0 Å². The number of hydrogen-bond acceptors (Lipinski definition) is 3. The Kier molecular flexibility index (Phi) is 3.65. The molecular weight excluding hydrogens is 176 g/mol. The fourth-order valence-electron chi connectivity index (χ4n) is 1.08. The highest BCUT2D eigenvalue weighted by Crippen LogP contribution is 2.12. The molecule has 1 aromatic heterocycles. The van der Waals surface area contributed by atoms with Crippen molar-refractivity contribution in [2.45, 2.75) is 13.5 Å². The molecule has 3 heteroatoms. The lowest BCUT2D eigenvalue weighted by Gasteiger charge is -2.18. The number of nitrogens with zero attached hydrogens (tertiary/aromatic N) is 2. The quantitative estimate of drug-likeness (QED) is 0.785. The van der Waals surface area contributed by atoms with Crippen LogP contribution >= 0.6 is 0 Å². The Balaban J connectivity index is 2.81. The van der Waals surface area contributed by atoms with E-state index in [1.807, 2.05) is 24.1 Å². The predicted molar refractivity (Wildman–Crippen MR) is 57.5 cm³/mol. The van der Waals surface area contributed by atoms with Gasteiger partial charge in [-0.2, -0.15) is 0 Å². The zero-order chi connectivity index (χ0) is 10.6. The molecule has 0 saturated carbocycles. The first-order valence-electron chi connectivity index (χ1n) is 4.65. The number of hydrogen-bond donors (Lipinski definition) is 1. The minimum Gasteiger partial charge on any atom is -0.392 e. The van der Waals surface area contributed by atoms with Crippen LogP contribution in [-0.2, 0) is 6.61 Å². The largest absolute Gasteiger partial charge is 0.392 e. The smallest absolute Gasteiger partial charge is 0.0857 e. The molecule has 0 unspecified atom stereocenters. The van der Waals surface area contributed by atoms with Gasteiger partial charge in [0.15, 0.2) is 0 Å². The van der Waals surface area contributed by atoms with Crippen LogP contribution in [0.3, 0.4) is 0 Å². The second kappa shape index (κ2) is 4.77. The van der Waals surface area contributed by atoms with Gasteiger partial charge in [-0.25, -0.2) is 0 Å². The lowest BCUT2D eigenvalue weighted by Crippen LogP contribution is -2.15. The van der Waals surface area contributed by atoms with E-state index in [2.05, 4.69) is 18.5 Å². The molecule has 0 amide bonds. The molecule has 1 heterocycles. The summed E-state index contributed by atoms with van der Waals surface area (Å²) >= 11 is 0. The fraction of sp³-hybridized carbons (Fsp3) is 0.364. The van der Waals surface area contributed by atoms with Crippen molar-refractivity contribution in [3.63, 3.8) is 0 Å². The lowest BCUT2D eigenvalue weighted by molar-refractivity contribution is 0.281. The van der Waals surface area contributed by atoms with Gasteiger partial charge in [-0.05, 0) is 18.6 Å².